The Kier molecular flexibility index (Phi) is 5.88. The van der Waals surface area contributed by atoms with Crippen LogP contribution in [0, 0.1) is 6.92 Å². The molecule has 0 radical (unpaired) electrons. The van der Waals surface area contributed by atoms with Crippen LogP contribution in [-0.2, 0) is 24.2 Å². The number of anilines is 1. The predicted molar refractivity (Wildman–Crippen MR) is 123 cm³/mol. The number of amides is 1. The van der Waals surface area contributed by atoms with Crippen molar-refractivity contribution >= 4 is 11.7 Å². The van der Waals surface area contributed by atoms with Gasteiger partial charge in [-0.15, -0.1) is 0 Å². The van der Waals surface area contributed by atoms with Gasteiger partial charge < -0.3 is 9.80 Å². The number of fused-ring (bicyclic) bond motifs is 1. The molecule has 1 aromatic carbocycles. The van der Waals surface area contributed by atoms with Gasteiger partial charge in [0.1, 0.15) is 12.4 Å². The number of nitrogens with zero attached hydrogens (tertiary/aromatic N) is 6. The zero-order valence-corrected chi connectivity index (χ0v) is 18.7. The van der Waals surface area contributed by atoms with Gasteiger partial charge in [-0.3, -0.25) is 9.48 Å². The fraction of sp³-hybridized carbons (Fsp3) is 0.440. The van der Waals surface area contributed by atoms with Gasteiger partial charge in [0.25, 0.3) is 0 Å². The van der Waals surface area contributed by atoms with E-state index in [1.807, 2.05) is 17.2 Å². The van der Waals surface area contributed by atoms with E-state index in [1.165, 1.54) is 11.1 Å². The molecule has 4 heterocycles. The molecule has 2 aliphatic heterocycles. The number of carbonyl (C=O) groups excluding carboxylic acids is 1. The lowest BCUT2D eigenvalue weighted by Gasteiger charge is -2.32. The van der Waals surface area contributed by atoms with Crippen LogP contribution in [0.2, 0.25) is 0 Å². The van der Waals surface area contributed by atoms with Crippen molar-refractivity contribution in [2.45, 2.75) is 51.6 Å². The SMILES string of the molecule is Cc1nc([C@H]2CCCN2C(=O)Cn2cccn2)nc2c1CCCN2CCc1ccccc1. The lowest BCUT2D eigenvalue weighted by molar-refractivity contribution is -0.133. The minimum absolute atomic E-state index is 0.0556. The van der Waals surface area contributed by atoms with Crippen LogP contribution >= 0.6 is 0 Å². The second-order valence-electron chi connectivity index (χ2n) is 8.74. The standard InChI is InChI=1S/C25H30N6O/c1-19-21-10-5-14-29(17-12-20-8-3-2-4-9-20)25(21)28-24(27-19)22-11-6-16-31(22)23(32)18-30-15-7-13-26-30/h2-4,7-9,13,15,22H,5-6,10-12,14,16-18H2,1H3/t22-/m1/s1. The molecule has 0 saturated carbocycles. The van der Waals surface area contributed by atoms with E-state index in [9.17, 15) is 4.79 Å². The molecule has 2 aromatic heterocycles. The summed E-state index contributed by atoms with van der Waals surface area (Å²) < 4.78 is 1.68. The van der Waals surface area contributed by atoms with E-state index in [0.717, 1.165) is 69.1 Å². The first kappa shape index (κ1) is 20.7. The summed E-state index contributed by atoms with van der Waals surface area (Å²) in [6.45, 7) is 5.07. The summed E-state index contributed by atoms with van der Waals surface area (Å²) in [7, 11) is 0. The predicted octanol–water partition coefficient (Wildman–Crippen LogP) is 3.34. The van der Waals surface area contributed by atoms with Gasteiger partial charge in [0.2, 0.25) is 5.91 Å². The van der Waals surface area contributed by atoms with Crippen LogP contribution in [0.1, 0.15) is 47.9 Å². The third kappa shape index (κ3) is 4.24. The average Bonchev–Trinajstić information content (AvgIpc) is 3.50. The first-order valence-electron chi connectivity index (χ1n) is 11.6. The van der Waals surface area contributed by atoms with Gasteiger partial charge >= 0.3 is 0 Å². The van der Waals surface area contributed by atoms with Crippen LogP contribution < -0.4 is 4.90 Å². The third-order valence-corrected chi connectivity index (χ3v) is 6.60. The Morgan fingerprint density at radius 2 is 1.97 bits per heavy atom. The van der Waals surface area contributed by atoms with Crippen molar-refractivity contribution in [3.05, 3.63) is 71.4 Å². The van der Waals surface area contributed by atoms with Crippen molar-refractivity contribution in [3.63, 3.8) is 0 Å². The number of aromatic nitrogens is 4. The Balaban J connectivity index is 1.38. The van der Waals surface area contributed by atoms with E-state index < -0.39 is 0 Å². The molecule has 0 unspecified atom stereocenters. The van der Waals surface area contributed by atoms with E-state index in [1.54, 1.807) is 10.9 Å². The van der Waals surface area contributed by atoms with Crippen molar-refractivity contribution in [1.82, 2.24) is 24.6 Å². The molecule has 0 N–H and O–H groups in total. The molecule has 1 atom stereocenters. The molecular formula is C25H30N6O. The summed E-state index contributed by atoms with van der Waals surface area (Å²) in [6.07, 6.45) is 8.57. The molecule has 2 aliphatic rings. The van der Waals surface area contributed by atoms with Crippen molar-refractivity contribution in [1.29, 1.82) is 0 Å². The second-order valence-corrected chi connectivity index (χ2v) is 8.74. The molecule has 1 saturated heterocycles. The van der Waals surface area contributed by atoms with Crippen molar-refractivity contribution in [2.24, 2.45) is 0 Å². The average molecular weight is 431 g/mol. The van der Waals surface area contributed by atoms with E-state index in [4.69, 9.17) is 9.97 Å². The summed E-state index contributed by atoms with van der Waals surface area (Å²) in [5.41, 5.74) is 3.66. The molecule has 166 valence electrons. The number of hydrogen-bond acceptors (Lipinski definition) is 5. The second kappa shape index (κ2) is 9.10. The van der Waals surface area contributed by atoms with Gasteiger partial charge in [-0.2, -0.15) is 5.10 Å². The fourth-order valence-electron chi connectivity index (χ4n) is 4.94. The molecule has 0 aliphatic carbocycles. The molecule has 7 nitrogen and oxygen atoms in total. The smallest absolute Gasteiger partial charge is 0.244 e. The maximum Gasteiger partial charge on any atom is 0.244 e. The first-order chi connectivity index (χ1) is 15.7. The number of hydrogen-bond donors (Lipinski definition) is 0. The monoisotopic (exact) mass is 430 g/mol. The van der Waals surface area contributed by atoms with Crippen molar-refractivity contribution in [3.8, 4) is 0 Å². The van der Waals surface area contributed by atoms with E-state index in [2.05, 4.69) is 47.3 Å². The molecule has 32 heavy (non-hydrogen) atoms. The summed E-state index contributed by atoms with van der Waals surface area (Å²) in [5.74, 6) is 1.94. The maximum absolute atomic E-state index is 13.0. The normalized spacial score (nSPS) is 18.1. The number of rotatable bonds is 6. The van der Waals surface area contributed by atoms with Crippen LogP contribution in [0.4, 0.5) is 5.82 Å². The summed E-state index contributed by atoms with van der Waals surface area (Å²) in [4.78, 5) is 27.3. The fourth-order valence-corrected chi connectivity index (χ4v) is 4.94. The molecule has 1 amide bonds. The zero-order chi connectivity index (χ0) is 21.9. The zero-order valence-electron chi connectivity index (χ0n) is 18.7. The molecule has 3 aromatic rings. The van der Waals surface area contributed by atoms with Crippen molar-refractivity contribution in [2.75, 3.05) is 24.5 Å². The highest BCUT2D eigenvalue weighted by Gasteiger charge is 2.33. The van der Waals surface area contributed by atoms with Gasteiger partial charge in [-0.1, -0.05) is 30.3 Å². The highest BCUT2D eigenvalue weighted by atomic mass is 16.2. The maximum atomic E-state index is 13.0. The summed E-state index contributed by atoms with van der Waals surface area (Å²) >= 11 is 0. The van der Waals surface area contributed by atoms with Crippen molar-refractivity contribution < 1.29 is 4.79 Å². The van der Waals surface area contributed by atoms with Gasteiger partial charge in [-0.25, -0.2) is 9.97 Å². The molecule has 7 heteroatoms. The number of benzene rings is 1. The van der Waals surface area contributed by atoms with Gasteiger partial charge in [-0.05, 0) is 50.7 Å². The van der Waals surface area contributed by atoms with Crippen LogP contribution in [0.15, 0.2) is 48.8 Å². The quantitative estimate of drug-likeness (QED) is 0.600. The Bertz CT molecular complexity index is 1070. The molecule has 1 fully saturated rings. The number of likely N-dealkylation sites (tertiary alicyclic amines) is 1. The van der Waals surface area contributed by atoms with Gasteiger partial charge in [0, 0.05) is 43.3 Å². The minimum Gasteiger partial charge on any atom is -0.356 e. The summed E-state index contributed by atoms with van der Waals surface area (Å²) in [5, 5.41) is 4.18. The lowest BCUT2D eigenvalue weighted by Crippen LogP contribution is -2.36. The van der Waals surface area contributed by atoms with Crippen LogP contribution in [-0.4, -0.2) is 50.2 Å². The number of aryl methyl sites for hydroxylation is 1. The Morgan fingerprint density at radius 1 is 1.09 bits per heavy atom. The highest BCUT2D eigenvalue weighted by Crippen LogP contribution is 2.34. The topological polar surface area (TPSA) is 67.2 Å². The third-order valence-electron chi connectivity index (χ3n) is 6.60. The molecule has 0 bridgehead atoms. The highest BCUT2D eigenvalue weighted by molar-refractivity contribution is 5.76. The number of carbonyl (C=O) groups is 1. The molecule has 0 spiro atoms. The largest absolute Gasteiger partial charge is 0.356 e. The van der Waals surface area contributed by atoms with Crippen LogP contribution in [0.25, 0.3) is 0 Å². The van der Waals surface area contributed by atoms with E-state index in [-0.39, 0.29) is 18.5 Å². The molecule has 5 rings (SSSR count). The Hall–Kier alpha value is -3.22. The minimum atomic E-state index is -0.0556. The van der Waals surface area contributed by atoms with Gasteiger partial charge in [0.05, 0.1) is 6.04 Å². The van der Waals surface area contributed by atoms with Crippen LogP contribution in [0.3, 0.4) is 0 Å². The lowest BCUT2D eigenvalue weighted by atomic mass is 10.0. The summed E-state index contributed by atoms with van der Waals surface area (Å²) in [6, 6.07) is 12.4. The first-order valence-corrected chi connectivity index (χ1v) is 11.6. The van der Waals surface area contributed by atoms with E-state index in [0.29, 0.717) is 0 Å². The molecular weight excluding hydrogens is 400 g/mol. The van der Waals surface area contributed by atoms with Crippen LogP contribution in [0.5, 0.6) is 0 Å². The van der Waals surface area contributed by atoms with Gasteiger partial charge in [0.15, 0.2) is 5.82 Å². The Morgan fingerprint density at radius 3 is 2.78 bits per heavy atom. The van der Waals surface area contributed by atoms with E-state index >= 15 is 0 Å². The Labute approximate surface area is 189 Å².